The van der Waals surface area contributed by atoms with E-state index in [1.54, 1.807) is 21.0 Å². The van der Waals surface area contributed by atoms with Crippen LogP contribution in [0.25, 0.3) is 5.57 Å². The van der Waals surface area contributed by atoms with E-state index in [1.807, 2.05) is 72.5 Å². The second-order valence-electron chi connectivity index (χ2n) is 9.51. The Morgan fingerprint density at radius 1 is 0.775 bits per heavy atom. The monoisotopic (exact) mass is 539 g/mol. The van der Waals surface area contributed by atoms with Crippen molar-refractivity contribution in [2.24, 2.45) is 0 Å². The van der Waals surface area contributed by atoms with E-state index in [1.165, 1.54) is 0 Å². The molecule has 208 valence electrons. The summed E-state index contributed by atoms with van der Waals surface area (Å²) in [6, 6.07) is 27.6. The lowest BCUT2D eigenvalue weighted by atomic mass is 9.68. The number of nitrogens with zero attached hydrogens (tertiary/aromatic N) is 1. The fourth-order valence-electron chi connectivity index (χ4n) is 5.63. The molecule has 1 heterocycles. The number of benzene rings is 3. The molecule has 0 fully saturated rings. The average Bonchev–Trinajstić information content (AvgIpc) is 3.11. The number of ether oxygens (including phenoxy) is 3. The van der Waals surface area contributed by atoms with Crippen molar-refractivity contribution < 1.29 is 23.8 Å². The van der Waals surface area contributed by atoms with E-state index in [0.29, 0.717) is 17.9 Å². The van der Waals surface area contributed by atoms with Crippen LogP contribution in [0.3, 0.4) is 0 Å². The molecule has 40 heavy (non-hydrogen) atoms. The lowest BCUT2D eigenvalue weighted by Gasteiger charge is -2.44. The second kappa shape index (κ2) is 12.7. The topological polar surface area (TPSA) is 65.1 Å². The lowest BCUT2D eigenvalue weighted by molar-refractivity contribution is -0.143. The number of carbonyl (C=O) groups excluding carboxylic acids is 2. The molecule has 0 bridgehead atoms. The van der Waals surface area contributed by atoms with Gasteiger partial charge in [-0.25, -0.2) is 9.59 Å². The van der Waals surface area contributed by atoms with Gasteiger partial charge in [0.1, 0.15) is 11.4 Å². The van der Waals surface area contributed by atoms with Crippen molar-refractivity contribution in [1.82, 2.24) is 4.90 Å². The molecular formula is C34H37NO5. The maximum Gasteiger partial charge on any atom is 0.355 e. The molecule has 4 rings (SSSR count). The minimum Gasteiger partial charge on any atom is -0.497 e. The van der Waals surface area contributed by atoms with Gasteiger partial charge in [0.05, 0.1) is 31.3 Å². The minimum atomic E-state index is -0.750. The smallest absolute Gasteiger partial charge is 0.355 e. The Kier molecular flexibility index (Phi) is 9.10. The van der Waals surface area contributed by atoms with Gasteiger partial charge in [-0.2, -0.15) is 0 Å². The summed E-state index contributed by atoms with van der Waals surface area (Å²) in [4.78, 5) is 29.6. The van der Waals surface area contributed by atoms with Gasteiger partial charge in [0.15, 0.2) is 0 Å². The van der Waals surface area contributed by atoms with Crippen LogP contribution in [-0.2, 0) is 24.5 Å². The summed E-state index contributed by atoms with van der Waals surface area (Å²) in [6.45, 7) is 8.40. The molecule has 3 aromatic rings. The predicted octanol–water partition coefficient (Wildman–Crippen LogP) is 6.17. The van der Waals surface area contributed by atoms with E-state index in [9.17, 15) is 9.59 Å². The van der Waals surface area contributed by atoms with Crippen LogP contribution >= 0.6 is 0 Å². The maximum atomic E-state index is 13.8. The highest BCUT2D eigenvalue weighted by Gasteiger charge is 2.47. The Morgan fingerprint density at radius 2 is 1.30 bits per heavy atom. The molecule has 0 saturated carbocycles. The zero-order chi connectivity index (χ0) is 28.7. The SMILES string of the molecule is CCOC(=O)C1=C(C(=O)OCC)N(CC)C(C)C(c2ccccc2)(c2ccccc2)C=C1c1ccc(OC)cc1. The number of hydrogen-bond donors (Lipinski definition) is 0. The predicted molar refractivity (Wildman–Crippen MR) is 157 cm³/mol. The normalized spacial score (nSPS) is 16.6. The molecule has 0 aliphatic carbocycles. The zero-order valence-corrected chi connectivity index (χ0v) is 23.8. The highest BCUT2D eigenvalue weighted by molar-refractivity contribution is 6.13. The Morgan fingerprint density at radius 3 is 1.77 bits per heavy atom. The fourth-order valence-corrected chi connectivity index (χ4v) is 5.63. The Bertz CT molecular complexity index is 1340. The number of carbonyl (C=O) groups is 2. The van der Waals surface area contributed by atoms with E-state index < -0.39 is 17.4 Å². The first kappa shape index (κ1) is 28.7. The molecule has 0 amide bonds. The number of esters is 2. The molecule has 0 spiro atoms. The van der Waals surface area contributed by atoms with Crippen LogP contribution in [-0.4, -0.2) is 49.7 Å². The van der Waals surface area contributed by atoms with E-state index in [-0.39, 0.29) is 30.5 Å². The van der Waals surface area contributed by atoms with Crippen molar-refractivity contribution in [3.05, 3.63) is 119 Å². The van der Waals surface area contributed by atoms with Crippen molar-refractivity contribution in [2.45, 2.75) is 39.2 Å². The van der Waals surface area contributed by atoms with Gasteiger partial charge in [0, 0.05) is 12.6 Å². The van der Waals surface area contributed by atoms with Crippen LogP contribution in [0.15, 0.2) is 102 Å². The van der Waals surface area contributed by atoms with Crippen molar-refractivity contribution in [1.29, 1.82) is 0 Å². The largest absolute Gasteiger partial charge is 0.497 e. The molecule has 6 heteroatoms. The third-order valence-electron chi connectivity index (χ3n) is 7.48. The van der Waals surface area contributed by atoms with Gasteiger partial charge in [-0.15, -0.1) is 0 Å². The van der Waals surface area contributed by atoms with Gasteiger partial charge in [-0.3, -0.25) is 0 Å². The summed E-state index contributed by atoms with van der Waals surface area (Å²) < 4.78 is 16.6. The average molecular weight is 540 g/mol. The summed E-state index contributed by atoms with van der Waals surface area (Å²) in [6.07, 6.45) is 2.13. The second-order valence-corrected chi connectivity index (χ2v) is 9.51. The fraction of sp³-hybridized carbons (Fsp3) is 0.294. The van der Waals surface area contributed by atoms with Crippen molar-refractivity contribution in [3.63, 3.8) is 0 Å². The van der Waals surface area contributed by atoms with Gasteiger partial charge in [0.2, 0.25) is 0 Å². The van der Waals surface area contributed by atoms with Crippen LogP contribution in [0.2, 0.25) is 0 Å². The van der Waals surface area contributed by atoms with Crippen molar-refractivity contribution in [3.8, 4) is 5.75 Å². The maximum absolute atomic E-state index is 13.8. The summed E-state index contributed by atoms with van der Waals surface area (Å²) >= 11 is 0. The zero-order valence-electron chi connectivity index (χ0n) is 23.8. The first-order valence-electron chi connectivity index (χ1n) is 13.8. The quantitative estimate of drug-likeness (QED) is 0.303. The van der Waals surface area contributed by atoms with Gasteiger partial charge in [-0.1, -0.05) is 78.9 Å². The van der Waals surface area contributed by atoms with Gasteiger partial charge < -0.3 is 19.1 Å². The minimum absolute atomic E-state index is 0.165. The Labute approximate surface area is 236 Å². The number of hydrogen-bond acceptors (Lipinski definition) is 6. The van der Waals surface area contributed by atoms with Gasteiger partial charge >= 0.3 is 11.9 Å². The molecule has 1 atom stereocenters. The van der Waals surface area contributed by atoms with Crippen molar-refractivity contribution in [2.75, 3.05) is 26.9 Å². The van der Waals surface area contributed by atoms with Crippen LogP contribution in [0.5, 0.6) is 5.75 Å². The molecule has 1 aliphatic rings. The summed E-state index contributed by atoms with van der Waals surface area (Å²) in [5, 5.41) is 0. The van der Waals surface area contributed by atoms with E-state index in [4.69, 9.17) is 14.2 Å². The summed E-state index contributed by atoms with van der Waals surface area (Å²) in [5.41, 5.74) is 3.06. The highest BCUT2D eigenvalue weighted by Crippen LogP contribution is 2.47. The van der Waals surface area contributed by atoms with Gasteiger partial charge in [0.25, 0.3) is 0 Å². The van der Waals surface area contributed by atoms with Gasteiger partial charge in [-0.05, 0) is 62.1 Å². The Hall–Kier alpha value is -4.32. The van der Waals surface area contributed by atoms with E-state index in [0.717, 1.165) is 16.7 Å². The molecule has 0 radical (unpaired) electrons. The first-order chi connectivity index (χ1) is 19.4. The first-order valence-corrected chi connectivity index (χ1v) is 13.8. The number of methoxy groups -OCH3 is 1. The molecule has 6 nitrogen and oxygen atoms in total. The van der Waals surface area contributed by atoms with Crippen molar-refractivity contribution >= 4 is 17.5 Å². The van der Waals surface area contributed by atoms with E-state index >= 15 is 0 Å². The summed E-state index contributed by atoms with van der Waals surface area (Å²) in [5.74, 6) is -0.447. The third-order valence-corrected chi connectivity index (χ3v) is 7.48. The Balaban J connectivity index is 2.19. The molecule has 1 aliphatic heterocycles. The molecule has 1 unspecified atom stereocenters. The van der Waals surface area contributed by atoms with E-state index in [2.05, 4.69) is 37.3 Å². The summed E-state index contributed by atoms with van der Waals surface area (Å²) in [7, 11) is 1.61. The number of likely N-dealkylation sites (N-methyl/N-ethyl adjacent to an activating group) is 1. The van der Waals surface area contributed by atoms with Crippen LogP contribution < -0.4 is 4.74 Å². The molecule has 0 saturated heterocycles. The van der Waals surface area contributed by atoms with Crippen LogP contribution in [0, 0.1) is 0 Å². The van der Waals surface area contributed by atoms with Crippen LogP contribution in [0.4, 0.5) is 0 Å². The molecular weight excluding hydrogens is 502 g/mol. The number of rotatable bonds is 9. The lowest BCUT2D eigenvalue weighted by Crippen LogP contribution is -2.49. The highest BCUT2D eigenvalue weighted by atomic mass is 16.5. The standard InChI is InChI=1S/C34H37NO5/c1-6-35-24(4)34(26-15-11-9-12-16-26,27-17-13-10-14-18-27)23-29(25-19-21-28(38-5)22-20-25)30(32(36)39-7-2)31(35)33(37)40-8-3/h9-24H,6-8H2,1-5H3. The van der Waals surface area contributed by atoms with Crippen LogP contribution in [0.1, 0.15) is 44.4 Å². The molecule has 0 aromatic heterocycles. The third kappa shape index (κ3) is 5.26. The molecule has 3 aromatic carbocycles. The molecule has 0 N–H and O–H groups in total.